The van der Waals surface area contributed by atoms with Crippen LogP contribution in [0.1, 0.15) is 60.9 Å². The van der Waals surface area contributed by atoms with Crippen molar-refractivity contribution in [3.63, 3.8) is 0 Å². The number of carbonyl (C=O) groups is 1. The summed E-state index contributed by atoms with van der Waals surface area (Å²) in [5, 5.41) is 1.04. The predicted octanol–water partition coefficient (Wildman–Crippen LogP) is 12.5. The summed E-state index contributed by atoms with van der Waals surface area (Å²) in [6.07, 6.45) is -5.30. The van der Waals surface area contributed by atoms with Crippen molar-refractivity contribution in [2.75, 3.05) is 0 Å². The van der Waals surface area contributed by atoms with Gasteiger partial charge in [0.2, 0.25) is 0 Å². The molecule has 20 nitrogen and oxygen atoms in total. The summed E-state index contributed by atoms with van der Waals surface area (Å²) in [6.45, 7) is 2.81. The summed E-state index contributed by atoms with van der Waals surface area (Å²) in [5.74, 6) is 0.183. The topological polar surface area (TPSA) is 232 Å². The fraction of sp³-hybridized carbons (Fsp3) is 0.262. The Hall–Kier alpha value is -10.2. The van der Waals surface area contributed by atoms with Gasteiger partial charge in [-0.3, -0.25) is 42.2 Å². The van der Waals surface area contributed by atoms with Crippen molar-refractivity contribution >= 4 is 57.7 Å². The number of halogens is 8. The second kappa shape index (κ2) is 29.4. The van der Waals surface area contributed by atoms with E-state index in [0.717, 1.165) is 64.8 Å². The van der Waals surface area contributed by atoms with Crippen LogP contribution in [0.15, 0.2) is 177 Å². The molecule has 2 fully saturated rings. The lowest BCUT2D eigenvalue weighted by molar-refractivity contribution is -0.275. The van der Waals surface area contributed by atoms with E-state index in [-0.39, 0.29) is 83.0 Å². The van der Waals surface area contributed by atoms with Gasteiger partial charge in [-0.2, -0.15) is 19.6 Å². The molecule has 1 N–H and O–H groups in total. The number of nitrogens with one attached hydrogen (secondary N) is 1. The normalized spacial score (nSPS) is 15.7. The first kappa shape index (κ1) is 67.2. The molecule has 12 rings (SSSR count). The highest BCUT2D eigenvalue weighted by Gasteiger charge is 2.36. The van der Waals surface area contributed by atoms with E-state index in [1.807, 2.05) is 48.5 Å². The van der Waals surface area contributed by atoms with Crippen LogP contribution in [-0.2, 0) is 59.3 Å². The molecule has 0 aliphatic heterocycles. The first-order valence-corrected chi connectivity index (χ1v) is 29.3. The third kappa shape index (κ3) is 17.5. The highest BCUT2D eigenvalue weighted by molar-refractivity contribution is 6.30. The molecule has 2 aliphatic rings. The zero-order chi connectivity index (χ0) is 66.7. The van der Waals surface area contributed by atoms with Crippen molar-refractivity contribution in [2.24, 2.45) is 31.8 Å². The average molecular weight is 1330 g/mol. The van der Waals surface area contributed by atoms with E-state index in [0.29, 0.717) is 41.3 Å². The number of aryl methyl sites for hydroxylation is 2. The first-order chi connectivity index (χ1) is 44.3. The molecule has 0 spiro atoms. The fourth-order valence-corrected chi connectivity index (χ4v) is 10.7. The Morgan fingerprint density at radius 1 is 0.591 bits per heavy atom. The van der Waals surface area contributed by atoms with Crippen LogP contribution in [0.3, 0.4) is 0 Å². The van der Waals surface area contributed by atoms with Gasteiger partial charge < -0.3 is 23.7 Å². The molecular formula is C65H56Cl2F6N8O12. The lowest BCUT2D eigenvalue weighted by Crippen LogP contribution is -2.46. The van der Waals surface area contributed by atoms with Crippen LogP contribution in [0.4, 0.5) is 26.3 Å². The molecular weight excluding hydrogens is 1270 g/mol. The van der Waals surface area contributed by atoms with Crippen LogP contribution in [0.2, 0.25) is 10.0 Å². The minimum atomic E-state index is -4.88. The summed E-state index contributed by atoms with van der Waals surface area (Å²) < 4.78 is 108. The van der Waals surface area contributed by atoms with Crippen molar-refractivity contribution in [1.82, 2.24) is 37.8 Å². The molecule has 10 aromatic rings. The van der Waals surface area contributed by atoms with Crippen molar-refractivity contribution < 1.29 is 64.4 Å². The van der Waals surface area contributed by atoms with E-state index in [1.54, 1.807) is 48.5 Å². The number of aromatic nitrogens is 8. The third-order valence-corrected chi connectivity index (χ3v) is 15.5. The van der Waals surface area contributed by atoms with Gasteiger partial charge in [-0.05, 0) is 115 Å². The number of hydrogen-bond acceptors (Lipinski definition) is 14. The maximum Gasteiger partial charge on any atom is 0.573 e. The van der Waals surface area contributed by atoms with Crippen LogP contribution < -0.4 is 41.4 Å². The minimum absolute atomic E-state index is 0.00230. The smallest absolute Gasteiger partial charge is 0.461 e. The van der Waals surface area contributed by atoms with Gasteiger partial charge in [-0.1, -0.05) is 127 Å². The molecule has 0 saturated heterocycles. The Balaban J connectivity index is 0.000000178. The molecule has 28 heteroatoms. The van der Waals surface area contributed by atoms with Crippen molar-refractivity contribution in [2.45, 2.75) is 77.5 Å². The van der Waals surface area contributed by atoms with Crippen molar-refractivity contribution in [3.05, 3.63) is 232 Å². The second-order valence-corrected chi connectivity index (χ2v) is 22.6. The monoisotopic (exact) mass is 1320 g/mol. The standard InChI is InChI=1S/C31H26ClF3N4O4.C20H14ClF3N4O4.C13H16O2.CO2/c1-37-27-26(28(40)39(30(37)41)23-15-21(16-23)14-19-6-3-2-4-7-19)38(18-20-10-12-22(32)13-11-20)29(36-27)42-24-8-5-9-25(17-24)43-31(33,34)35;1-27-16-15(17(29)26-18(27)30)28(10-11-5-7-12(21)8-6-11)19(25-16)31-13-3-2-4-14(9-13)32-20(22,23)24;1-10-7-12(8-10)13(14)15-9-11-5-3-2-4-6-11;2-1-3/h2-13,17,21,23H,14-16,18H2,1H3;2-9H,10H2,1H3,(H,26,29,30);2-6,10,12H,7-9H2,1H3;. The fourth-order valence-electron chi connectivity index (χ4n) is 10.5. The summed E-state index contributed by atoms with van der Waals surface area (Å²) in [7, 11) is 2.95. The molecule has 0 radical (unpaired) electrons. The SMILES string of the molecule is CC1CC(C(=O)OCc2ccccc2)C1.Cn1c(=O)[nH]c(=O)c2c1nc(Oc1cccc(OC(F)(F)F)c1)n2Cc1ccc(Cl)cc1.Cn1c(=O)n(C2CC(Cc3ccccc3)C2)c(=O)c2c1nc(Oc1cccc(OC(F)(F)F)c1)n2Cc1ccc(Cl)cc1.O=C=O. The Labute approximate surface area is 533 Å². The third-order valence-electron chi connectivity index (χ3n) is 15.0. The highest BCUT2D eigenvalue weighted by Crippen LogP contribution is 2.40. The molecule has 6 aromatic carbocycles. The van der Waals surface area contributed by atoms with Crippen LogP contribution in [-0.4, -0.2) is 62.6 Å². The Kier molecular flexibility index (Phi) is 21.3. The highest BCUT2D eigenvalue weighted by atomic mass is 35.5. The van der Waals surface area contributed by atoms with E-state index in [1.165, 1.54) is 62.2 Å². The van der Waals surface area contributed by atoms with Gasteiger partial charge in [0.15, 0.2) is 22.3 Å². The zero-order valence-electron chi connectivity index (χ0n) is 49.5. The summed E-state index contributed by atoms with van der Waals surface area (Å²) in [4.78, 5) is 90.7. The number of benzene rings is 6. The number of ether oxygens (including phenoxy) is 5. The van der Waals surface area contributed by atoms with E-state index in [2.05, 4.69) is 43.5 Å². The van der Waals surface area contributed by atoms with Gasteiger partial charge >= 0.3 is 48.2 Å². The van der Waals surface area contributed by atoms with Crippen LogP contribution in [0.25, 0.3) is 22.3 Å². The van der Waals surface area contributed by atoms with E-state index in [9.17, 15) is 50.3 Å². The summed E-state index contributed by atoms with van der Waals surface area (Å²) in [5.41, 5.74) is 1.72. The molecule has 2 aliphatic carbocycles. The number of nitrogens with zero attached hydrogens (tertiary/aromatic N) is 7. The van der Waals surface area contributed by atoms with Gasteiger partial charge in [0.25, 0.3) is 11.1 Å². The predicted molar refractivity (Wildman–Crippen MR) is 327 cm³/mol. The number of esters is 1. The second-order valence-electron chi connectivity index (χ2n) is 21.8. The Bertz CT molecular complexity index is 4540. The largest absolute Gasteiger partial charge is 0.573 e. The first-order valence-electron chi connectivity index (χ1n) is 28.5. The van der Waals surface area contributed by atoms with E-state index >= 15 is 0 Å². The molecule has 4 aromatic heterocycles. The minimum Gasteiger partial charge on any atom is -0.461 e. The van der Waals surface area contributed by atoms with Gasteiger partial charge in [0.1, 0.15) is 29.6 Å². The molecule has 2 saturated carbocycles. The van der Waals surface area contributed by atoms with Crippen LogP contribution in [0, 0.1) is 17.8 Å². The molecule has 0 atom stereocenters. The maximum atomic E-state index is 14.0. The molecule has 0 amide bonds. The molecule has 0 bridgehead atoms. The van der Waals surface area contributed by atoms with Crippen LogP contribution >= 0.6 is 23.2 Å². The van der Waals surface area contributed by atoms with Gasteiger partial charge in [0, 0.05) is 42.3 Å². The van der Waals surface area contributed by atoms with E-state index in [4.69, 9.17) is 47.0 Å². The maximum absolute atomic E-state index is 14.0. The number of carbonyl (C=O) groups excluding carboxylic acids is 3. The van der Waals surface area contributed by atoms with Crippen molar-refractivity contribution in [1.29, 1.82) is 0 Å². The number of H-pyrrole nitrogens is 1. The number of rotatable bonds is 16. The number of aromatic amines is 1. The van der Waals surface area contributed by atoms with Gasteiger partial charge in [-0.25, -0.2) is 9.59 Å². The number of hydrogen-bond donors (Lipinski definition) is 1. The molecule has 484 valence electrons. The Morgan fingerprint density at radius 2 is 1.04 bits per heavy atom. The Morgan fingerprint density at radius 3 is 1.52 bits per heavy atom. The lowest BCUT2D eigenvalue weighted by Gasteiger charge is -2.36. The summed E-state index contributed by atoms with van der Waals surface area (Å²) in [6, 6.07) is 43.0. The summed E-state index contributed by atoms with van der Waals surface area (Å²) >= 11 is 12.0. The van der Waals surface area contributed by atoms with Gasteiger partial charge in [-0.15, -0.1) is 26.3 Å². The lowest BCUT2D eigenvalue weighted by atomic mass is 9.76. The average Bonchev–Trinajstić information content (AvgIpc) is 1.66. The van der Waals surface area contributed by atoms with E-state index < -0.39 is 46.7 Å². The quantitative estimate of drug-likeness (QED) is 0.0700. The van der Waals surface area contributed by atoms with Gasteiger partial charge in [0.05, 0.1) is 19.0 Å². The van der Waals surface area contributed by atoms with Crippen molar-refractivity contribution in [3.8, 4) is 35.0 Å². The molecule has 93 heavy (non-hydrogen) atoms. The molecule has 0 unspecified atom stereocenters. The van der Waals surface area contributed by atoms with Crippen LogP contribution in [0.5, 0.6) is 35.0 Å². The number of imidazole rings is 2. The number of fused-ring (bicyclic) bond motifs is 2. The molecule has 4 heterocycles. The number of alkyl halides is 6. The zero-order valence-corrected chi connectivity index (χ0v) is 51.0.